The van der Waals surface area contributed by atoms with E-state index in [2.05, 4.69) is 167 Å². The molecule has 0 saturated heterocycles. The van der Waals surface area contributed by atoms with E-state index in [9.17, 15) is 0 Å². The molecule has 0 radical (unpaired) electrons. The molecule has 0 spiro atoms. The van der Waals surface area contributed by atoms with Crippen LogP contribution in [0.15, 0.2) is 158 Å². The van der Waals surface area contributed by atoms with Crippen molar-refractivity contribution in [2.45, 2.75) is 0 Å². The first-order chi connectivity index (χ1) is 22.8. The van der Waals surface area contributed by atoms with Crippen molar-refractivity contribution in [3.8, 4) is 5.69 Å². The third kappa shape index (κ3) is 3.75. The number of nitrogens with zero attached hydrogens (tertiary/aromatic N) is 2. The molecule has 3 aromatic heterocycles. The molecule has 0 aliphatic rings. The standard InChI is InChI=1S/C42H26N2S2/c1-3-12-27(13-4-1)43(28-14-5-2-6-15-28)29-22-24-35-34(26-29)40-36(25-23-33-31-17-8-10-21-39(31)46-42(33)40)44(35)37-19-11-18-32-30-16-7-9-20-38(30)45-41(32)37/h1-26H. The molecule has 10 rings (SSSR count). The van der Waals surface area contributed by atoms with Crippen LogP contribution in [-0.4, -0.2) is 4.57 Å². The first-order valence-corrected chi connectivity index (χ1v) is 17.2. The molecular weight excluding hydrogens is 597 g/mol. The van der Waals surface area contributed by atoms with Gasteiger partial charge in [0.1, 0.15) is 0 Å². The number of hydrogen-bond acceptors (Lipinski definition) is 3. The molecule has 2 nitrogen and oxygen atoms in total. The molecule has 0 fully saturated rings. The van der Waals surface area contributed by atoms with E-state index in [1.807, 2.05) is 22.7 Å². The minimum atomic E-state index is 1.14. The highest BCUT2D eigenvalue weighted by atomic mass is 32.1. The Morgan fingerprint density at radius 2 is 0.957 bits per heavy atom. The number of rotatable bonds is 4. The van der Waals surface area contributed by atoms with Gasteiger partial charge in [-0.3, -0.25) is 0 Å². The van der Waals surface area contributed by atoms with Gasteiger partial charge in [0.05, 0.1) is 21.4 Å². The van der Waals surface area contributed by atoms with Gasteiger partial charge in [-0.2, -0.15) is 0 Å². The van der Waals surface area contributed by atoms with Crippen LogP contribution in [0.3, 0.4) is 0 Å². The molecule has 3 heterocycles. The predicted molar refractivity (Wildman–Crippen MR) is 201 cm³/mol. The Morgan fingerprint density at radius 3 is 1.65 bits per heavy atom. The van der Waals surface area contributed by atoms with Gasteiger partial charge < -0.3 is 9.47 Å². The van der Waals surface area contributed by atoms with E-state index in [0.29, 0.717) is 0 Å². The van der Waals surface area contributed by atoms with Gasteiger partial charge in [0.25, 0.3) is 0 Å². The fourth-order valence-corrected chi connectivity index (χ4v) is 9.65. The van der Waals surface area contributed by atoms with Crippen LogP contribution in [0.1, 0.15) is 0 Å². The zero-order valence-electron chi connectivity index (χ0n) is 24.7. The molecule has 0 aliphatic heterocycles. The number of fused-ring (bicyclic) bond motifs is 10. The van der Waals surface area contributed by atoms with Gasteiger partial charge in [0.2, 0.25) is 0 Å². The van der Waals surface area contributed by atoms with Crippen LogP contribution in [0.5, 0.6) is 0 Å². The lowest BCUT2D eigenvalue weighted by atomic mass is 10.1. The minimum absolute atomic E-state index is 1.14. The normalized spacial score (nSPS) is 11.9. The molecule has 4 heteroatoms. The third-order valence-electron chi connectivity index (χ3n) is 9.17. The molecule has 0 atom stereocenters. The van der Waals surface area contributed by atoms with Crippen molar-refractivity contribution in [3.05, 3.63) is 158 Å². The van der Waals surface area contributed by atoms with Gasteiger partial charge in [-0.25, -0.2) is 0 Å². The lowest BCUT2D eigenvalue weighted by molar-refractivity contribution is 1.20. The maximum atomic E-state index is 2.51. The highest BCUT2D eigenvalue weighted by Crippen LogP contribution is 2.47. The summed E-state index contributed by atoms with van der Waals surface area (Å²) < 4.78 is 7.81. The van der Waals surface area contributed by atoms with E-state index >= 15 is 0 Å². The van der Waals surface area contributed by atoms with Crippen molar-refractivity contribution >= 4 is 102 Å². The quantitative estimate of drug-likeness (QED) is 0.190. The summed E-state index contributed by atoms with van der Waals surface area (Å²) in [4.78, 5) is 2.36. The Morgan fingerprint density at radius 1 is 0.391 bits per heavy atom. The number of benzene rings is 7. The SMILES string of the molecule is c1ccc(N(c2ccccc2)c2ccc3c(c2)c2c4sc5ccccc5c4ccc2n3-c2cccc3c2sc2ccccc23)cc1. The topological polar surface area (TPSA) is 8.17 Å². The zero-order chi connectivity index (χ0) is 30.2. The van der Waals surface area contributed by atoms with Crippen LogP contribution in [0.2, 0.25) is 0 Å². The Kier molecular flexibility index (Phi) is 5.65. The summed E-state index contributed by atoms with van der Waals surface area (Å²) in [6, 6.07) is 57.4. The first kappa shape index (κ1) is 25.9. The fourth-order valence-electron chi connectivity index (χ4n) is 7.18. The van der Waals surface area contributed by atoms with Gasteiger partial charge in [-0.05, 0) is 66.7 Å². The van der Waals surface area contributed by atoms with E-state index in [1.165, 1.54) is 67.8 Å². The second kappa shape index (κ2) is 10.0. The van der Waals surface area contributed by atoms with Crippen LogP contribution in [-0.2, 0) is 0 Å². The summed E-state index contributed by atoms with van der Waals surface area (Å²) in [5.41, 5.74) is 7.10. The van der Waals surface area contributed by atoms with Crippen molar-refractivity contribution in [3.63, 3.8) is 0 Å². The second-order valence-corrected chi connectivity index (χ2v) is 13.8. The molecular formula is C42H26N2S2. The van der Waals surface area contributed by atoms with Gasteiger partial charge in [0, 0.05) is 63.5 Å². The number of para-hydroxylation sites is 2. The number of anilines is 3. The lowest BCUT2D eigenvalue weighted by Gasteiger charge is -2.25. The predicted octanol–water partition coefficient (Wildman–Crippen LogP) is 13.0. The maximum Gasteiger partial charge on any atom is 0.0640 e. The number of hydrogen-bond donors (Lipinski definition) is 0. The van der Waals surface area contributed by atoms with Crippen molar-refractivity contribution < 1.29 is 0 Å². The van der Waals surface area contributed by atoms with Crippen molar-refractivity contribution in [2.75, 3.05) is 4.90 Å². The first-order valence-electron chi connectivity index (χ1n) is 15.5. The summed E-state index contributed by atoms with van der Waals surface area (Å²) in [6.07, 6.45) is 0. The van der Waals surface area contributed by atoms with Crippen molar-refractivity contribution in [1.82, 2.24) is 4.57 Å². The van der Waals surface area contributed by atoms with Crippen molar-refractivity contribution in [1.29, 1.82) is 0 Å². The van der Waals surface area contributed by atoms with Crippen LogP contribution in [0.25, 0.3) is 67.8 Å². The Labute approximate surface area is 273 Å². The van der Waals surface area contributed by atoms with Crippen LogP contribution in [0, 0.1) is 0 Å². The third-order valence-corrected chi connectivity index (χ3v) is 11.6. The molecule has 0 unspecified atom stereocenters. The number of thiophene rings is 2. The van der Waals surface area contributed by atoms with Crippen LogP contribution < -0.4 is 4.90 Å². The molecule has 0 amide bonds. The zero-order valence-corrected chi connectivity index (χ0v) is 26.4. The van der Waals surface area contributed by atoms with E-state index < -0.39 is 0 Å². The monoisotopic (exact) mass is 622 g/mol. The van der Waals surface area contributed by atoms with E-state index in [-0.39, 0.29) is 0 Å². The molecule has 0 saturated carbocycles. The summed E-state index contributed by atoms with van der Waals surface area (Å²) in [5.74, 6) is 0. The molecule has 0 aliphatic carbocycles. The van der Waals surface area contributed by atoms with Gasteiger partial charge in [-0.1, -0.05) is 91.0 Å². The Hall–Kier alpha value is -5.42. The lowest BCUT2D eigenvalue weighted by Crippen LogP contribution is -2.09. The number of aromatic nitrogens is 1. The van der Waals surface area contributed by atoms with E-state index in [1.54, 1.807) is 0 Å². The van der Waals surface area contributed by atoms with Crippen LogP contribution in [0.4, 0.5) is 17.1 Å². The Balaban J connectivity index is 1.34. The molecule has 0 N–H and O–H groups in total. The summed E-state index contributed by atoms with van der Waals surface area (Å²) in [5, 5.41) is 7.85. The van der Waals surface area contributed by atoms with Gasteiger partial charge >= 0.3 is 0 Å². The van der Waals surface area contributed by atoms with Crippen molar-refractivity contribution in [2.24, 2.45) is 0 Å². The highest BCUT2D eigenvalue weighted by molar-refractivity contribution is 7.27. The molecule has 46 heavy (non-hydrogen) atoms. The average Bonchev–Trinajstić information content (AvgIpc) is 3.79. The molecule has 7 aromatic carbocycles. The largest absolute Gasteiger partial charge is 0.310 e. The molecule has 10 aromatic rings. The van der Waals surface area contributed by atoms with Gasteiger partial charge in [0.15, 0.2) is 0 Å². The second-order valence-electron chi connectivity index (χ2n) is 11.7. The summed E-state index contributed by atoms with van der Waals surface area (Å²) in [7, 11) is 0. The average molecular weight is 623 g/mol. The minimum Gasteiger partial charge on any atom is -0.310 e. The summed E-state index contributed by atoms with van der Waals surface area (Å²) in [6.45, 7) is 0. The van der Waals surface area contributed by atoms with E-state index in [4.69, 9.17) is 0 Å². The fraction of sp³-hybridized carbons (Fsp3) is 0. The molecule has 0 bridgehead atoms. The summed E-state index contributed by atoms with van der Waals surface area (Å²) >= 11 is 3.79. The van der Waals surface area contributed by atoms with Crippen LogP contribution >= 0.6 is 22.7 Å². The Bertz CT molecular complexity index is 2710. The van der Waals surface area contributed by atoms with E-state index in [0.717, 1.165) is 17.1 Å². The highest BCUT2D eigenvalue weighted by Gasteiger charge is 2.21. The maximum absolute atomic E-state index is 2.51. The molecule has 216 valence electrons. The van der Waals surface area contributed by atoms with Gasteiger partial charge in [-0.15, -0.1) is 22.7 Å². The smallest absolute Gasteiger partial charge is 0.0640 e.